The highest BCUT2D eigenvalue weighted by Crippen LogP contribution is 2.41. The molecule has 1 unspecified atom stereocenters. The number of imidazole rings is 1. The number of amides is 1. The van der Waals surface area contributed by atoms with Crippen molar-refractivity contribution in [3.05, 3.63) is 118 Å². The third kappa shape index (κ3) is 4.73. The molecule has 0 bridgehead atoms. The van der Waals surface area contributed by atoms with Gasteiger partial charge in [0.05, 0.1) is 16.6 Å². The van der Waals surface area contributed by atoms with Gasteiger partial charge < -0.3 is 19.9 Å². The lowest BCUT2D eigenvalue weighted by atomic mass is 9.88. The predicted octanol–water partition coefficient (Wildman–Crippen LogP) is 6.91. The average molecular weight is 583 g/mol. The molecule has 2 aliphatic rings. The number of phenolic OH excluding ortho intramolecular Hbond substituents is 1. The number of rotatable bonds is 5. The highest BCUT2D eigenvalue weighted by molar-refractivity contribution is 6.00. The molecule has 0 spiro atoms. The second kappa shape index (κ2) is 10.6. The molecule has 1 atom stereocenters. The summed E-state index contributed by atoms with van der Waals surface area (Å²) in [6, 6.07) is 17.7. The molecule has 5 aromatic rings. The molecule has 6 nitrogen and oxygen atoms in total. The van der Waals surface area contributed by atoms with Gasteiger partial charge in [0.25, 0.3) is 5.91 Å². The number of H-pyrrole nitrogens is 1. The van der Waals surface area contributed by atoms with Crippen LogP contribution < -0.4 is 0 Å². The monoisotopic (exact) mass is 582 g/mol. The fraction of sp³-hybridized carbons (Fsp3) is 0.235. The zero-order chi connectivity index (χ0) is 29.8. The maximum absolute atomic E-state index is 16.2. The summed E-state index contributed by atoms with van der Waals surface area (Å²) < 4.78 is 45.9. The smallest absolute Gasteiger partial charge is 0.258 e. The number of likely N-dealkylation sites (tertiary alicyclic amines) is 1. The van der Waals surface area contributed by atoms with Crippen LogP contribution in [-0.4, -0.2) is 50.9 Å². The maximum atomic E-state index is 16.2. The average Bonchev–Trinajstić information content (AvgIpc) is 3.57. The summed E-state index contributed by atoms with van der Waals surface area (Å²) in [5.41, 5.74) is 2.84. The highest BCUT2D eigenvalue weighted by Gasteiger charge is 2.40. The molecule has 3 heterocycles. The van der Waals surface area contributed by atoms with Crippen molar-refractivity contribution >= 4 is 16.9 Å². The molecule has 2 N–H and O–H groups in total. The van der Waals surface area contributed by atoms with Crippen molar-refractivity contribution in [2.24, 2.45) is 0 Å². The van der Waals surface area contributed by atoms with E-state index in [1.807, 2.05) is 18.2 Å². The number of benzene rings is 4. The van der Waals surface area contributed by atoms with Crippen LogP contribution in [0, 0.1) is 17.5 Å². The topological polar surface area (TPSA) is 72.5 Å². The minimum Gasteiger partial charge on any atom is -0.508 e. The second-order valence-electron chi connectivity index (χ2n) is 11.5. The third-order valence-electron chi connectivity index (χ3n) is 8.78. The van der Waals surface area contributed by atoms with E-state index in [2.05, 4.69) is 21.9 Å². The molecular formula is C34H29F3N4O2. The van der Waals surface area contributed by atoms with E-state index in [4.69, 9.17) is 0 Å². The number of fused-ring (bicyclic) bond motifs is 2. The van der Waals surface area contributed by atoms with Crippen LogP contribution in [0.25, 0.3) is 22.2 Å². The van der Waals surface area contributed by atoms with E-state index in [1.165, 1.54) is 17.0 Å². The summed E-state index contributed by atoms with van der Waals surface area (Å²) in [5.74, 6) is -2.18. The van der Waals surface area contributed by atoms with Gasteiger partial charge in [-0.1, -0.05) is 36.4 Å². The molecule has 0 aliphatic carbocycles. The molecule has 1 saturated heterocycles. The molecule has 1 fully saturated rings. The van der Waals surface area contributed by atoms with Crippen molar-refractivity contribution in [2.45, 2.75) is 31.3 Å². The first-order chi connectivity index (χ1) is 20.8. The van der Waals surface area contributed by atoms with Crippen molar-refractivity contribution in [1.29, 1.82) is 0 Å². The number of phenols is 1. The van der Waals surface area contributed by atoms with Gasteiger partial charge in [-0.3, -0.25) is 4.79 Å². The summed E-state index contributed by atoms with van der Waals surface area (Å²) >= 11 is 0. The van der Waals surface area contributed by atoms with Gasteiger partial charge in [-0.2, -0.15) is 0 Å². The van der Waals surface area contributed by atoms with Crippen LogP contribution in [0.4, 0.5) is 13.2 Å². The number of halogens is 3. The Hall–Kier alpha value is -4.63. The highest BCUT2D eigenvalue weighted by atomic mass is 19.1. The van der Waals surface area contributed by atoms with Crippen LogP contribution in [0.1, 0.15) is 57.7 Å². The molecule has 0 saturated carbocycles. The van der Waals surface area contributed by atoms with E-state index in [9.17, 15) is 14.3 Å². The van der Waals surface area contributed by atoms with E-state index in [1.54, 1.807) is 30.3 Å². The van der Waals surface area contributed by atoms with Crippen molar-refractivity contribution in [3.8, 4) is 16.9 Å². The lowest BCUT2D eigenvalue weighted by molar-refractivity contribution is 0.0720. The van der Waals surface area contributed by atoms with Crippen LogP contribution in [-0.2, 0) is 6.54 Å². The molecule has 7 rings (SSSR count). The number of hydrogen-bond acceptors (Lipinski definition) is 4. The number of carbonyl (C=O) groups excluding carboxylic acids is 1. The van der Waals surface area contributed by atoms with Crippen molar-refractivity contribution < 1.29 is 23.1 Å². The largest absolute Gasteiger partial charge is 0.508 e. The molecule has 218 valence electrons. The van der Waals surface area contributed by atoms with Gasteiger partial charge >= 0.3 is 0 Å². The van der Waals surface area contributed by atoms with E-state index < -0.39 is 23.6 Å². The van der Waals surface area contributed by atoms with Gasteiger partial charge in [0.2, 0.25) is 0 Å². The Morgan fingerprint density at radius 1 is 0.977 bits per heavy atom. The standard InChI is InChI=1S/C34H29F3N4O2/c1-40-14-12-19(13-15-40)23-9-6-20(16-26(23)36)24-10-7-21-18-41(34(43)30(21)31(24)37)32(25-17-22(35)8-11-29(25)42)33-38-27-4-2-3-5-28(27)39-33/h2-11,16-17,19,32,42H,12-15,18H2,1H3,(H,38,39). The quantitative estimate of drug-likeness (QED) is 0.236. The molecule has 2 aliphatic heterocycles. The first-order valence-electron chi connectivity index (χ1n) is 14.3. The van der Waals surface area contributed by atoms with Crippen molar-refractivity contribution in [1.82, 2.24) is 19.8 Å². The SMILES string of the molecule is CN1CCC(c2ccc(-c3ccc4c(c3F)C(=O)N(C(c3nc5ccccc5[nH]3)c3cc(F)ccc3O)C4)cc2F)CC1. The number of piperidine rings is 1. The van der Waals surface area contributed by atoms with Crippen molar-refractivity contribution in [2.75, 3.05) is 20.1 Å². The molecular weight excluding hydrogens is 553 g/mol. The maximum Gasteiger partial charge on any atom is 0.258 e. The molecule has 1 amide bonds. The summed E-state index contributed by atoms with van der Waals surface area (Å²) in [5, 5.41) is 10.7. The number of para-hydroxylation sites is 2. The number of nitrogens with zero attached hydrogens (tertiary/aromatic N) is 3. The Bertz CT molecular complexity index is 1850. The summed E-state index contributed by atoms with van der Waals surface area (Å²) in [6.07, 6.45) is 1.72. The van der Waals surface area contributed by atoms with Gasteiger partial charge in [-0.05, 0) is 92.0 Å². The number of aromatic nitrogens is 2. The van der Waals surface area contributed by atoms with Gasteiger partial charge in [-0.25, -0.2) is 18.2 Å². The van der Waals surface area contributed by atoms with Crippen LogP contribution >= 0.6 is 0 Å². The van der Waals surface area contributed by atoms with Crippen molar-refractivity contribution in [3.63, 3.8) is 0 Å². The first kappa shape index (κ1) is 27.2. The minimum absolute atomic E-state index is 0.00641. The third-order valence-corrected chi connectivity index (χ3v) is 8.78. The lowest BCUT2D eigenvalue weighted by Gasteiger charge is -2.29. The second-order valence-corrected chi connectivity index (χ2v) is 11.5. The Morgan fingerprint density at radius 3 is 2.53 bits per heavy atom. The summed E-state index contributed by atoms with van der Waals surface area (Å²) in [7, 11) is 2.05. The zero-order valence-corrected chi connectivity index (χ0v) is 23.4. The molecule has 43 heavy (non-hydrogen) atoms. The van der Waals surface area contributed by atoms with E-state index in [0.717, 1.165) is 38.1 Å². The van der Waals surface area contributed by atoms with Gasteiger partial charge in [0.1, 0.15) is 35.1 Å². The Morgan fingerprint density at radius 2 is 1.77 bits per heavy atom. The Labute approximate surface area is 246 Å². The van der Waals surface area contributed by atoms with Crippen LogP contribution in [0.15, 0.2) is 72.8 Å². The fourth-order valence-electron chi connectivity index (χ4n) is 6.46. The number of hydrogen-bond donors (Lipinski definition) is 2. The van der Waals surface area contributed by atoms with Crippen LogP contribution in [0.5, 0.6) is 5.75 Å². The molecule has 1 aromatic heterocycles. The molecule has 4 aromatic carbocycles. The number of aromatic hydroxyl groups is 1. The molecule has 9 heteroatoms. The summed E-state index contributed by atoms with van der Waals surface area (Å²) in [6.45, 7) is 1.80. The predicted molar refractivity (Wildman–Crippen MR) is 157 cm³/mol. The number of carbonyl (C=O) groups is 1. The van der Waals surface area contributed by atoms with E-state index in [-0.39, 0.29) is 40.7 Å². The van der Waals surface area contributed by atoms with Gasteiger partial charge in [0.15, 0.2) is 0 Å². The zero-order valence-electron chi connectivity index (χ0n) is 23.4. The number of nitrogens with one attached hydrogen (secondary N) is 1. The number of aromatic amines is 1. The summed E-state index contributed by atoms with van der Waals surface area (Å²) in [4.78, 5) is 25.3. The van der Waals surface area contributed by atoms with Gasteiger partial charge in [-0.15, -0.1) is 0 Å². The first-order valence-corrected chi connectivity index (χ1v) is 14.3. The van der Waals surface area contributed by atoms with Gasteiger partial charge in [0, 0.05) is 17.7 Å². The Balaban J connectivity index is 1.26. The van der Waals surface area contributed by atoms with Crippen LogP contribution in [0.3, 0.4) is 0 Å². The lowest BCUT2D eigenvalue weighted by Crippen LogP contribution is -2.31. The molecule has 0 radical (unpaired) electrons. The van der Waals surface area contributed by atoms with E-state index in [0.29, 0.717) is 33.5 Å². The van der Waals surface area contributed by atoms with E-state index >= 15 is 8.78 Å². The van der Waals surface area contributed by atoms with Crippen LogP contribution in [0.2, 0.25) is 0 Å². The normalized spacial score (nSPS) is 16.7. The minimum atomic E-state index is -1.03. The Kier molecular flexibility index (Phi) is 6.69. The fourth-order valence-corrected chi connectivity index (χ4v) is 6.46.